The maximum absolute atomic E-state index is 11.3. The first-order chi connectivity index (χ1) is 14.7. The second-order valence-electron chi connectivity index (χ2n) is 6.95. The van der Waals surface area contributed by atoms with Gasteiger partial charge in [-0.25, -0.2) is 14.8 Å². The summed E-state index contributed by atoms with van der Waals surface area (Å²) in [6, 6.07) is 7.56. The predicted molar refractivity (Wildman–Crippen MR) is 111 cm³/mol. The lowest BCUT2D eigenvalue weighted by Crippen LogP contribution is -2.22. The van der Waals surface area contributed by atoms with Crippen molar-refractivity contribution in [2.24, 2.45) is 11.8 Å². The fraction of sp³-hybridized carbons (Fsp3) is 0.286. The largest absolute Gasteiger partial charge is 0.481 e. The van der Waals surface area contributed by atoms with Crippen molar-refractivity contribution in [2.45, 2.75) is 20.3 Å². The number of rotatable bonds is 7. The molecule has 0 saturated carbocycles. The van der Waals surface area contributed by atoms with Crippen LogP contribution >= 0.6 is 0 Å². The first kappa shape index (κ1) is 23.3. The molecule has 0 saturated heterocycles. The lowest BCUT2D eigenvalue weighted by Gasteiger charge is -2.12. The standard InChI is InChI=1S/C14H11N3O3.C7H12O4/c1-20-17-7-11(9-4-2-3-5-12(9)17)13-10(14(18)19)6-15-8-16-13;1-4(2)5(7(10)11)3-6(8)9/h2-8H,1H3,(H,18,19);4-5H,3H2,1-2H3,(H,8,9)(H,10,11). The molecule has 3 aromatic rings. The summed E-state index contributed by atoms with van der Waals surface area (Å²) in [6.07, 6.45) is 4.05. The van der Waals surface area contributed by atoms with Crippen LogP contribution in [-0.2, 0) is 9.59 Å². The molecule has 0 aliphatic carbocycles. The minimum absolute atomic E-state index is 0.0616. The third kappa shape index (κ3) is 5.56. The SMILES string of the molecule is CC(C)C(CC(=O)O)C(=O)O.COn1cc(-c2ncncc2C(=O)O)c2ccccc21. The third-order valence-corrected chi connectivity index (χ3v) is 4.59. The van der Waals surface area contributed by atoms with Crippen LogP contribution in [0.3, 0.4) is 0 Å². The third-order valence-electron chi connectivity index (χ3n) is 4.59. The van der Waals surface area contributed by atoms with Gasteiger partial charge in [0.1, 0.15) is 19.0 Å². The molecule has 0 aliphatic rings. The monoisotopic (exact) mass is 429 g/mol. The van der Waals surface area contributed by atoms with Crippen LogP contribution in [0.25, 0.3) is 22.2 Å². The highest BCUT2D eigenvalue weighted by molar-refractivity contribution is 6.01. The van der Waals surface area contributed by atoms with Crippen molar-refractivity contribution in [3.63, 3.8) is 0 Å². The molecule has 10 heteroatoms. The molecular formula is C21H23N3O7. The van der Waals surface area contributed by atoms with Gasteiger partial charge in [0.25, 0.3) is 0 Å². The van der Waals surface area contributed by atoms with E-state index in [4.69, 9.17) is 15.1 Å². The fourth-order valence-corrected chi connectivity index (χ4v) is 2.99. The van der Waals surface area contributed by atoms with Crippen molar-refractivity contribution in [3.8, 4) is 11.3 Å². The maximum Gasteiger partial charge on any atom is 0.339 e. The van der Waals surface area contributed by atoms with Gasteiger partial charge in [-0.3, -0.25) is 9.59 Å². The van der Waals surface area contributed by atoms with Crippen molar-refractivity contribution in [2.75, 3.05) is 7.11 Å². The van der Waals surface area contributed by atoms with E-state index in [1.807, 2.05) is 24.3 Å². The Morgan fingerprint density at radius 2 is 1.81 bits per heavy atom. The highest BCUT2D eigenvalue weighted by Gasteiger charge is 2.24. The van der Waals surface area contributed by atoms with Crippen molar-refractivity contribution in [1.82, 2.24) is 14.7 Å². The number of para-hydroxylation sites is 1. The number of benzene rings is 1. The molecule has 31 heavy (non-hydrogen) atoms. The van der Waals surface area contributed by atoms with Crippen LogP contribution in [0, 0.1) is 11.8 Å². The quantitative estimate of drug-likeness (QED) is 0.514. The topological polar surface area (TPSA) is 152 Å². The number of carboxylic acid groups (broad SMARTS) is 3. The van der Waals surface area contributed by atoms with Gasteiger partial charge in [-0.1, -0.05) is 32.0 Å². The summed E-state index contributed by atoms with van der Waals surface area (Å²) in [4.78, 5) is 45.0. The molecule has 3 rings (SSSR count). The molecule has 1 aromatic carbocycles. The Bertz CT molecular complexity index is 1090. The van der Waals surface area contributed by atoms with Crippen LogP contribution in [0.15, 0.2) is 43.0 Å². The van der Waals surface area contributed by atoms with Crippen LogP contribution in [-0.4, -0.2) is 55.0 Å². The number of aliphatic carboxylic acids is 2. The number of carboxylic acids is 3. The number of hydrogen-bond acceptors (Lipinski definition) is 6. The number of aromatic nitrogens is 3. The second kappa shape index (κ2) is 10.2. The first-order valence-electron chi connectivity index (χ1n) is 9.30. The number of hydrogen-bond donors (Lipinski definition) is 3. The Balaban J connectivity index is 0.000000267. The van der Waals surface area contributed by atoms with E-state index in [0.717, 1.165) is 10.9 Å². The van der Waals surface area contributed by atoms with E-state index < -0.39 is 23.8 Å². The Morgan fingerprint density at radius 1 is 1.13 bits per heavy atom. The lowest BCUT2D eigenvalue weighted by atomic mass is 9.93. The molecule has 2 heterocycles. The van der Waals surface area contributed by atoms with Crippen LogP contribution in [0.1, 0.15) is 30.6 Å². The molecule has 2 aromatic heterocycles. The van der Waals surface area contributed by atoms with Gasteiger partial charge in [-0.05, 0) is 12.0 Å². The summed E-state index contributed by atoms with van der Waals surface area (Å²) in [5.41, 5.74) is 1.98. The van der Waals surface area contributed by atoms with Crippen molar-refractivity contribution in [3.05, 3.63) is 48.5 Å². The van der Waals surface area contributed by atoms with Gasteiger partial charge >= 0.3 is 17.9 Å². The van der Waals surface area contributed by atoms with E-state index in [1.165, 1.54) is 12.5 Å². The van der Waals surface area contributed by atoms with Crippen LogP contribution in [0.4, 0.5) is 0 Å². The van der Waals surface area contributed by atoms with E-state index in [2.05, 4.69) is 9.97 Å². The molecule has 0 radical (unpaired) electrons. The van der Waals surface area contributed by atoms with E-state index >= 15 is 0 Å². The van der Waals surface area contributed by atoms with Crippen LogP contribution < -0.4 is 4.84 Å². The fourth-order valence-electron chi connectivity index (χ4n) is 2.99. The van der Waals surface area contributed by atoms with Crippen LogP contribution in [0.2, 0.25) is 0 Å². The smallest absolute Gasteiger partial charge is 0.339 e. The summed E-state index contributed by atoms with van der Waals surface area (Å²) >= 11 is 0. The zero-order chi connectivity index (χ0) is 23.1. The van der Waals surface area contributed by atoms with Crippen molar-refractivity contribution >= 4 is 28.8 Å². The second-order valence-corrected chi connectivity index (χ2v) is 6.95. The van der Waals surface area contributed by atoms with Crippen LogP contribution in [0.5, 0.6) is 0 Å². The maximum atomic E-state index is 11.3. The van der Waals surface area contributed by atoms with E-state index in [0.29, 0.717) is 11.3 Å². The molecule has 10 nitrogen and oxygen atoms in total. The molecule has 0 spiro atoms. The summed E-state index contributed by atoms with van der Waals surface area (Å²) in [5, 5.41) is 27.0. The average molecular weight is 429 g/mol. The lowest BCUT2D eigenvalue weighted by molar-refractivity contribution is -0.149. The number of carbonyl (C=O) groups is 3. The minimum atomic E-state index is -1.06. The number of fused-ring (bicyclic) bond motifs is 1. The first-order valence-corrected chi connectivity index (χ1v) is 9.30. The van der Waals surface area contributed by atoms with E-state index in [-0.39, 0.29) is 17.9 Å². The molecule has 3 N–H and O–H groups in total. The van der Waals surface area contributed by atoms with Gasteiger partial charge in [0.2, 0.25) is 0 Å². The average Bonchev–Trinajstić information content (AvgIpc) is 3.10. The summed E-state index contributed by atoms with van der Waals surface area (Å²) in [6.45, 7) is 3.39. The Kier molecular flexibility index (Phi) is 7.67. The summed E-state index contributed by atoms with van der Waals surface area (Å²) in [7, 11) is 1.55. The van der Waals surface area contributed by atoms with Gasteiger partial charge in [0.15, 0.2) is 0 Å². The number of nitrogens with zero attached hydrogens (tertiary/aromatic N) is 3. The minimum Gasteiger partial charge on any atom is -0.481 e. The van der Waals surface area contributed by atoms with E-state index in [9.17, 15) is 19.5 Å². The highest BCUT2D eigenvalue weighted by Crippen LogP contribution is 2.30. The summed E-state index contributed by atoms with van der Waals surface area (Å²) < 4.78 is 1.58. The molecule has 1 unspecified atom stereocenters. The molecule has 0 fully saturated rings. The van der Waals surface area contributed by atoms with E-state index in [1.54, 1.807) is 31.9 Å². The zero-order valence-electron chi connectivity index (χ0n) is 17.2. The van der Waals surface area contributed by atoms with Gasteiger partial charge in [0.05, 0.1) is 29.7 Å². The number of aromatic carboxylic acids is 1. The Hall–Kier alpha value is -3.95. The predicted octanol–water partition coefficient (Wildman–Crippen LogP) is 2.67. The Morgan fingerprint density at radius 3 is 2.32 bits per heavy atom. The van der Waals surface area contributed by atoms with Gasteiger partial charge in [0, 0.05) is 17.1 Å². The molecule has 164 valence electrons. The molecular weight excluding hydrogens is 406 g/mol. The molecule has 0 aliphatic heterocycles. The summed E-state index contributed by atoms with van der Waals surface area (Å²) in [5.74, 6) is -4.07. The van der Waals surface area contributed by atoms with Crippen molar-refractivity contribution < 1.29 is 34.5 Å². The molecule has 1 atom stereocenters. The van der Waals surface area contributed by atoms with Crippen molar-refractivity contribution in [1.29, 1.82) is 0 Å². The Labute approximate surface area is 177 Å². The van der Waals surface area contributed by atoms with Gasteiger partial charge < -0.3 is 20.2 Å². The molecule has 0 amide bonds. The highest BCUT2D eigenvalue weighted by atomic mass is 16.6. The zero-order valence-corrected chi connectivity index (χ0v) is 17.2. The van der Waals surface area contributed by atoms with Gasteiger partial charge in [-0.2, -0.15) is 4.73 Å². The molecule has 0 bridgehead atoms. The normalized spacial score (nSPS) is 11.5. The van der Waals surface area contributed by atoms with Gasteiger partial charge in [-0.15, -0.1) is 0 Å².